The minimum Gasteiger partial charge on any atom is -0.379 e. The first kappa shape index (κ1) is 10.7. The molecule has 0 radical (unpaired) electrons. The van der Waals surface area contributed by atoms with Gasteiger partial charge in [-0.25, -0.2) is 4.68 Å². The lowest BCUT2D eigenvalue weighted by molar-refractivity contribution is 0.00121. The molecule has 0 spiro atoms. The smallest absolute Gasteiger partial charge is 0.113 e. The average Bonchev–Trinajstić information content (AvgIpc) is 2.83. The lowest BCUT2D eigenvalue weighted by Crippen LogP contribution is -2.40. The fraction of sp³-hybridized carbons (Fsp3) is 0.500. The van der Waals surface area contributed by atoms with Crippen molar-refractivity contribution < 1.29 is 4.74 Å². The van der Waals surface area contributed by atoms with Crippen LogP contribution in [-0.2, 0) is 4.74 Å². The second-order valence-corrected chi connectivity index (χ2v) is 4.30. The highest BCUT2D eigenvalue weighted by Gasteiger charge is 2.20. The summed E-state index contributed by atoms with van der Waals surface area (Å²) >= 11 is 0. The van der Waals surface area contributed by atoms with Crippen molar-refractivity contribution in [3.8, 4) is 0 Å². The molecule has 0 aliphatic carbocycles. The molecule has 0 amide bonds. The van der Waals surface area contributed by atoms with Gasteiger partial charge in [0.25, 0.3) is 0 Å². The van der Waals surface area contributed by atoms with Crippen molar-refractivity contribution in [2.75, 3.05) is 26.3 Å². The quantitative estimate of drug-likeness (QED) is 0.782. The summed E-state index contributed by atoms with van der Waals surface area (Å²) in [7, 11) is 0. The molecule has 17 heavy (non-hydrogen) atoms. The summed E-state index contributed by atoms with van der Waals surface area (Å²) in [5.41, 5.74) is 2.04. The number of ether oxygens (including phenoxy) is 1. The van der Waals surface area contributed by atoms with Crippen LogP contribution in [0.25, 0.3) is 11.0 Å². The van der Waals surface area contributed by atoms with Gasteiger partial charge in [0.1, 0.15) is 11.7 Å². The average molecular weight is 232 g/mol. The van der Waals surface area contributed by atoms with Crippen molar-refractivity contribution >= 4 is 11.0 Å². The van der Waals surface area contributed by atoms with E-state index in [1.165, 1.54) is 0 Å². The first-order chi connectivity index (χ1) is 8.36. The monoisotopic (exact) mass is 232 g/mol. The van der Waals surface area contributed by atoms with E-state index in [4.69, 9.17) is 4.74 Å². The standard InChI is InChI=1S/C12H16N4O/c1-10(15-6-8-17-9-7-15)16-12-5-3-2-4-11(12)13-14-16/h2-5,10H,6-9H2,1H3. The number of rotatable bonds is 2. The highest BCUT2D eigenvalue weighted by Crippen LogP contribution is 2.19. The largest absolute Gasteiger partial charge is 0.379 e. The fourth-order valence-electron chi connectivity index (χ4n) is 2.27. The molecule has 0 saturated carbocycles. The predicted octanol–water partition coefficient (Wildman–Crippen LogP) is 1.28. The second-order valence-electron chi connectivity index (χ2n) is 4.30. The Hall–Kier alpha value is -1.46. The molecular formula is C12H16N4O. The predicted molar refractivity (Wildman–Crippen MR) is 64.6 cm³/mol. The molecule has 5 nitrogen and oxygen atoms in total. The number of hydrogen-bond acceptors (Lipinski definition) is 4. The van der Waals surface area contributed by atoms with Gasteiger partial charge in [-0.15, -0.1) is 5.10 Å². The lowest BCUT2D eigenvalue weighted by Gasteiger charge is -2.32. The molecule has 90 valence electrons. The molecule has 1 saturated heterocycles. The van der Waals surface area contributed by atoms with Crippen LogP contribution >= 0.6 is 0 Å². The van der Waals surface area contributed by atoms with E-state index < -0.39 is 0 Å². The minimum absolute atomic E-state index is 0.228. The number of hydrogen-bond donors (Lipinski definition) is 0. The highest BCUT2D eigenvalue weighted by molar-refractivity contribution is 5.73. The first-order valence-electron chi connectivity index (χ1n) is 5.98. The Bertz CT molecular complexity index is 504. The van der Waals surface area contributed by atoms with Gasteiger partial charge < -0.3 is 4.74 Å². The molecule has 1 aliphatic rings. The van der Waals surface area contributed by atoms with Crippen molar-refractivity contribution in [2.45, 2.75) is 13.1 Å². The van der Waals surface area contributed by atoms with Crippen LogP contribution in [0.1, 0.15) is 13.1 Å². The van der Waals surface area contributed by atoms with E-state index in [9.17, 15) is 0 Å². The molecule has 0 bridgehead atoms. The van der Waals surface area contributed by atoms with Gasteiger partial charge in [0.15, 0.2) is 0 Å². The third kappa shape index (κ3) is 1.92. The Morgan fingerprint density at radius 1 is 1.24 bits per heavy atom. The molecule has 1 atom stereocenters. The van der Waals surface area contributed by atoms with E-state index in [0.29, 0.717) is 0 Å². The van der Waals surface area contributed by atoms with E-state index >= 15 is 0 Å². The Morgan fingerprint density at radius 3 is 2.82 bits per heavy atom. The molecule has 1 aromatic carbocycles. The van der Waals surface area contributed by atoms with E-state index in [2.05, 4.69) is 28.2 Å². The van der Waals surface area contributed by atoms with Crippen molar-refractivity contribution in [2.24, 2.45) is 0 Å². The zero-order valence-electron chi connectivity index (χ0n) is 9.91. The topological polar surface area (TPSA) is 43.2 Å². The maximum atomic E-state index is 5.37. The zero-order valence-corrected chi connectivity index (χ0v) is 9.91. The van der Waals surface area contributed by atoms with Crippen molar-refractivity contribution in [1.29, 1.82) is 0 Å². The number of aromatic nitrogens is 3. The van der Waals surface area contributed by atoms with Gasteiger partial charge in [-0.3, -0.25) is 4.90 Å². The normalized spacial score (nSPS) is 19.6. The minimum atomic E-state index is 0.228. The van der Waals surface area contributed by atoms with Crippen LogP contribution in [0.4, 0.5) is 0 Å². The van der Waals surface area contributed by atoms with Crippen LogP contribution < -0.4 is 0 Å². The second kappa shape index (κ2) is 4.43. The first-order valence-corrected chi connectivity index (χ1v) is 5.98. The van der Waals surface area contributed by atoms with Gasteiger partial charge >= 0.3 is 0 Å². The molecule has 2 heterocycles. The van der Waals surface area contributed by atoms with E-state index in [1.54, 1.807) is 0 Å². The van der Waals surface area contributed by atoms with Crippen LogP contribution in [0.3, 0.4) is 0 Å². The SMILES string of the molecule is CC(N1CCOCC1)n1nnc2ccccc21. The molecule has 5 heteroatoms. The Kier molecular flexibility index (Phi) is 2.78. The van der Waals surface area contributed by atoms with Crippen LogP contribution in [0, 0.1) is 0 Å². The van der Waals surface area contributed by atoms with Crippen LogP contribution in [0.2, 0.25) is 0 Å². The molecule has 1 aromatic heterocycles. The van der Waals surface area contributed by atoms with Crippen LogP contribution in [0.5, 0.6) is 0 Å². The summed E-state index contributed by atoms with van der Waals surface area (Å²) in [6.07, 6.45) is 0.228. The molecule has 1 aliphatic heterocycles. The van der Waals surface area contributed by atoms with E-state index in [-0.39, 0.29) is 6.17 Å². The third-order valence-corrected chi connectivity index (χ3v) is 3.31. The van der Waals surface area contributed by atoms with Crippen LogP contribution in [0.15, 0.2) is 24.3 Å². The van der Waals surface area contributed by atoms with Crippen LogP contribution in [-0.4, -0.2) is 46.2 Å². The summed E-state index contributed by atoms with van der Waals surface area (Å²) in [6.45, 7) is 5.67. The molecule has 0 N–H and O–H groups in total. The van der Waals surface area contributed by atoms with Crippen molar-refractivity contribution in [1.82, 2.24) is 19.9 Å². The summed E-state index contributed by atoms with van der Waals surface area (Å²) in [5, 5.41) is 8.44. The van der Waals surface area contributed by atoms with Gasteiger partial charge in [0.2, 0.25) is 0 Å². The molecule has 2 aromatic rings. The Morgan fingerprint density at radius 2 is 2.00 bits per heavy atom. The molecule has 1 unspecified atom stereocenters. The summed E-state index contributed by atoms with van der Waals surface area (Å²) in [4.78, 5) is 2.37. The third-order valence-electron chi connectivity index (χ3n) is 3.31. The van der Waals surface area contributed by atoms with Gasteiger partial charge in [-0.1, -0.05) is 17.3 Å². The highest BCUT2D eigenvalue weighted by atomic mass is 16.5. The van der Waals surface area contributed by atoms with Crippen molar-refractivity contribution in [3.05, 3.63) is 24.3 Å². The van der Waals surface area contributed by atoms with Gasteiger partial charge in [-0.05, 0) is 19.1 Å². The summed E-state index contributed by atoms with van der Waals surface area (Å²) < 4.78 is 7.35. The van der Waals surface area contributed by atoms with Gasteiger partial charge in [0, 0.05) is 13.1 Å². The van der Waals surface area contributed by atoms with E-state index in [0.717, 1.165) is 37.3 Å². The lowest BCUT2D eigenvalue weighted by atomic mass is 10.3. The Labute approximate surface area is 100.0 Å². The zero-order chi connectivity index (χ0) is 11.7. The maximum absolute atomic E-state index is 5.37. The van der Waals surface area contributed by atoms with Gasteiger partial charge in [0.05, 0.1) is 18.7 Å². The Balaban J connectivity index is 1.92. The van der Waals surface area contributed by atoms with Crippen molar-refractivity contribution in [3.63, 3.8) is 0 Å². The number of para-hydroxylation sites is 1. The number of morpholine rings is 1. The van der Waals surface area contributed by atoms with E-state index in [1.807, 2.05) is 22.9 Å². The summed E-state index contributed by atoms with van der Waals surface area (Å²) in [6, 6.07) is 8.06. The van der Waals surface area contributed by atoms with Gasteiger partial charge in [-0.2, -0.15) is 0 Å². The number of benzene rings is 1. The molecule has 3 rings (SSSR count). The molecule has 1 fully saturated rings. The fourth-order valence-corrected chi connectivity index (χ4v) is 2.27. The summed E-state index contributed by atoms with van der Waals surface area (Å²) in [5.74, 6) is 0. The molecular weight excluding hydrogens is 216 g/mol. The number of fused-ring (bicyclic) bond motifs is 1. The maximum Gasteiger partial charge on any atom is 0.113 e. The number of nitrogens with zero attached hydrogens (tertiary/aromatic N) is 4.